The van der Waals surface area contributed by atoms with Crippen molar-refractivity contribution in [2.75, 3.05) is 5.73 Å². The third kappa shape index (κ3) is 1.64. The van der Waals surface area contributed by atoms with Gasteiger partial charge in [0, 0.05) is 0 Å². The Morgan fingerprint density at radius 1 is 1.64 bits per heavy atom. The van der Waals surface area contributed by atoms with Gasteiger partial charge < -0.3 is 11.5 Å². The lowest BCUT2D eigenvalue weighted by Crippen LogP contribution is -2.16. The molecule has 4 N–H and O–H groups in total. The maximum atomic E-state index is 10.6. The zero-order chi connectivity index (χ0) is 8.43. The second-order valence-corrected chi connectivity index (χ2v) is 2.52. The van der Waals surface area contributed by atoms with Crippen molar-refractivity contribution in [3.63, 3.8) is 0 Å². The van der Waals surface area contributed by atoms with Crippen molar-refractivity contribution in [3.05, 3.63) is 16.6 Å². The first-order valence-electron chi connectivity index (χ1n) is 2.69. The molecule has 0 saturated carbocycles. The molecule has 0 aliphatic rings. The third-order valence-corrected chi connectivity index (χ3v) is 1.40. The molecule has 0 aromatic carbocycles. The molecule has 0 spiro atoms. The number of carbonyl (C=O) groups excluding carboxylic acids is 1. The zero-order valence-electron chi connectivity index (χ0n) is 5.41. The molecular formula is C5H5BrN4O. The number of amides is 1. The van der Waals surface area contributed by atoms with Crippen molar-refractivity contribution in [3.8, 4) is 0 Å². The number of nitrogens with zero attached hydrogens (tertiary/aromatic N) is 2. The van der Waals surface area contributed by atoms with Crippen LogP contribution in [0.1, 0.15) is 10.5 Å². The minimum absolute atomic E-state index is 0.0341. The van der Waals surface area contributed by atoms with Gasteiger partial charge in [-0.3, -0.25) is 4.79 Å². The summed E-state index contributed by atoms with van der Waals surface area (Å²) in [6.07, 6.45) is 1.32. The summed E-state index contributed by atoms with van der Waals surface area (Å²) in [5.74, 6) is -0.661. The minimum atomic E-state index is -0.661. The van der Waals surface area contributed by atoms with E-state index in [1.165, 1.54) is 6.20 Å². The van der Waals surface area contributed by atoms with Crippen LogP contribution >= 0.6 is 15.9 Å². The number of halogens is 1. The smallest absolute Gasteiger partial charge is 0.269 e. The van der Waals surface area contributed by atoms with Crippen molar-refractivity contribution in [1.29, 1.82) is 0 Å². The summed E-state index contributed by atoms with van der Waals surface area (Å²) in [6, 6.07) is 0. The zero-order valence-corrected chi connectivity index (χ0v) is 7.00. The summed E-state index contributed by atoms with van der Waals surface area (Å²) in [4.78, 5) is 18.0. The van der Waals surface area contributed by atoms with E-state index in [2.05, 4.69) is 25.9 Å². The molecule has 0 unspecified atom stereocenters. The van der Waals surface area contributed by atoms with Crippen LogP contribution in [0.4, 0.5) is 5.69 Å². The molecule has 0 aliphatic heterocycles. The minimum Gasteiger partial charge on any atom is -0.396 e. The molecule has 1 heterocycles. The quantitative estimate of drug-likeness (QED) is 0.643. The van der Waals surface area contributed by atoms with Crippen molar-refractivity contribution in [1.82, 2.24) is 9.97 Å². The van der Waals surface area contributed by atoms with Crippen molar-refractivity contribution < 1.29 is 4.79 Å². The highest BCUT2D eigenvalue weighted by atomic mass is 79.9. The fraction of sp³-hybridized carbons (Fsp3) is 0. The monoisotopic (exact) mass is 216 g/mol. The van der Waals surface area contributed by atoms with Gasteiger partial charge in [0.1, 0.15) is 0 Å². The molecule has 0 bridgehead atoms. The summed E-state index contributed by atoms with van der Waals surface area (Å²) >= 11 is 2.98. The van der Waals surface area contributed by atoms with Crippen LogP contribution in [0.5, 0.6) is 0 Å². The standard InChI is InChI=1S/C5H5BrN4O/c6-5-9-1-2(7)3(10-5)4(8)11/h1H,7H2,(H2,8,11). The highest BCUT2D eigenvalue weighted by Gasteiger charge is 2.07. The predicted molar refractivity (Wildman–Crippen MR) is 42.7 cm³/mol. The Morgan fingerprint density at radius 3 is 2.73 bits per heavy atom. The van der Waals surface area contributed by atoms with Gasteiger partial charge in [0.25, 0.3) is 5.91 Å². The van der Waals surface area contributed by atoms with Crippen molar-refractivity contribution in [2.45, 2.75) is 0 Å². The summed E-state index contributed by atoms with van der Waals surface area (Å²) in [6.45, 7) is 0. The first-order valence-corrected chi connectivity index (χ1v) is 3.48. The van der Waals surface area contributed by atoms with Gasteiger partial charge >= 0.3 is 0 Å². The van der Waals surface area contributed by atoms with Crippen LogP contribution in [-0.4, -0.2) is 15.9 Å². The van der Waals surface area contributed by atoms with Gasteiger partial charge in [0.15, 0.2) is 10.4 Å². The number of nitrogens with two attached hydrogens (primary N) is 2. The Labute approximate surface area is 70.9 Å². The molecule has 1 aromatic heterocycles. The van der Waals surface area contributed by atoms with Crippen LogP contribution in [0.2, 0.25) is 0 Å². The Hall–Kier alpha value is -1.17. The fourth-order valence-corrected chi connectivity index (χ4v) is 0.847. The summed E-state index contributed by atoms with van der Waals surface area (Å²) in [7, 11) is 0. The second kappa shape index (κ2) is 2.83. The molecule has 0 saturated heterocycles. The van der Waals surface area contributed by atoms with Crippen LogP contribution < -0.4 is 11.5 Å². The fourth-order valence-electron chi connectivity index (χ4n) is 0.567. The van der Waals surface area contributed by atoms with Gasteiger partial charge in [-0.05, 0) is 15.9 Å². The van der Waals surface area contributed by atoms with Crippen LogP contribution in [0.3, 0.4) is 0 Å². The van der Waals surface area contributed by atoms with E-state index in [-0.39, 0.29) is 11.4 Å². The first-order chi connectivity index (χ1) is 5.11. The average Bonchev–Trinajstić information content (AvgIpc) is 1.94. The molecule has 0 fully saturated rings. The van der Waals surface area contributed by atoms with E-state index in [4.69, 9.17) is 11.5 Å². The first kappa shape index (κ1) is 7.93. The van der Waals surface area contributed by atoms with Crippen molar-refractivity contribution >= 4 is 27.5 Å². The van der Waals surface area contributed by atoms with E-state index in [1.54, 1.807) is 0 Å². The van der Waals surface area contributed by atoms with Gasteiger partial charge in [0.2, 0.25) is 0 Å². The van der Waals surface area contributed by atoms with Gasteiger partial charge in [-0.15, -0.1) is 0 Å². The van der Waals surface area contributed by atoms with Crippen LogP contribution in [0.25, 0.3) is 0 Å². The molecule has 1 rings (SSSR count). The number of nitrogen functional groups attached to an aromatic ring is 1. The lowest BCUT2D eigenvalue weighted by Gasteiger charge is -1.98. The SMILES string of the molecule is NC(=O)c1nc(Br)ncc1N. The Kier molecular flexibility index (Phi) is 2.04. The lowest BCUT2D eigenvalue weighted by atomic mass is 10.3. The molecule has 58 valence electrons. The summed E-state index contributed by atoms with van der Waals surface area (Å²) < 4.78 is 0.292. The number of primary amides is 1. The van der Waals surface area contributed by atoms with E-state index in [1.807, 2.05) is 0 Å². The Bertz CT molecular complexity index is 301. The van der Waals surface area contributed by atoms with Crippen LogP contribution in [-0.2, 0) is 0 Å². The topological polar surface area (TPSA) is 94.9 Å². The molecule has 11 heavy (non-hydrogen) atoms. The average molecular weight is 217 g/mol. The normalized spacial score (nSPS) is 9.55. The number of carbonyl (C=O) groups is 1. The number of aromatic nitrogens is 2. The maximum Gasteiger partial charge on any atom is 0.269 e. The maximum absolute atomic E-state index is 10.6. The summed E-state index contributed by atoms with van der Waals surface area (Å²) in [5, 5.41) is 0. The van der Waals surface area contributed by atoms with Gasteiger partial charge in [-0.1, -0.05) is 0 Å². The number of rotatable bonds is 1. The lowest BCUT2D eigenvalue weighted by molar-refractivity contribution is 0.0996. The molecule has 0 aliphatic carbocycles. The second-order valence-electron chi connectivity index (χ2n) is 1.81. The molecule has 5 nitrogen and oxygen atoms in total. The summed E-state index contributed by atoms with van der Waals surface area (Å²) in [5.41, 5.74) is 10.5. The Morgan fingerprint density at radius 2 is 2.27 bits per heavy atom. The Balaban J connectivity index is 3.23. The van der Waals surface area contributed by atoms with Crippen LogP contribution in [0.15, 0.2) is 10.9 Å². The molecular weight excluding hydrogens is 212 g/mol. The molecule has 6 heteroatoms. The van der Waals surface area contributed by atoms with Gasteiger partial charge in [-0.2, -0.15) is 0 Å². The van der Waals surface area contributed by atoms with Crippen molar-refractivity contribution in [2.24, 2.45) is 5.73 Å². The number of hydrogen-bond acceptors (Lipinski definition) is 4. The van der Waals surface area contributed by atoms with E-state index in [9.17, 15) is 4.79 Å². The van der Waals surface area contributed by atoms with E-state index >= 15 is 0 Å². The van der Waals surface area contributed by atoms with E-state index in [0.29, 0.717) is 4.73 Å². The van der Waals surface area contributed by atoms with E-state index in [0.717, 1.165) is 0 Å². The molecule has 0 atom stereocenters. The molecule has 1 aromatic rings. The highest BCUT2D eigenvalue weighted by Crippen LogP contribution is 2.09. The van der Waals surface area contributed by atoms with Crippen LogP contribution in [0, 0.1) is 0 Å². The number of anilines is 1. The van der Waals surface area contributed by atoms with Gasteiger partial charge in [-0.25, -0.2) is 9.97 Å². The molecule has 1 amide bonds. The predicted octanol–water partition coefficient (Wildman–Crippen LogP) is -0.0798. The van der Waals surface area contributed by atoms with Gasteiger partial charge in [0.05, 0.1) is 11.9 Å². The number of hydrogen-bond donors (Lipinski definition) is 2. The third-order valence-electron chi connectivity index (χ3n) is 1.02. The largest absolute Gasteiger partial charge is 0.396 e. The van der Waals surface area contributed by atoms with E-state index < -0.39 is 5.91 Å². The highest BCUT2D eigenvalue weighted by molar-refractivity contribution is 9.10. The molecule has 0 radical (unpaired) electrons.